The Morgan fingerprint density at radius 1 is 1.26 bits per heavy atom. The van der Waals surface area contributed by atoms with E-state index in [4.69, 9.17) is 16.3 Å². The van der Waals surface area contributed by atoms with Crippen molar-refractivity contribution in [2.75, 3.05) is 13.7 Å². The van der Waals surface area contributed by atoms with Gasteiger partial charge in [-0.15, -0.1) is 6.58 Å². The van der Waals surface area contributed by atoms with Crippen LogP contribution in [0.2, 0.25) is 5.02 Å². The maximum absolute atomic E-state index is 12.9. The highest BCUT2D eigenvalue weighted by atomic mass is 35.5. The van der Waals surface area contributed by atoms with Crippen LogP contribution in [0.5, 0.6) is 5.75 Å². The summed E-state index contributed by atoms with van der Waals surface area (Å²) in [7, 11) is -2.70. The van der Waals surface area contributed by atoms with Gasteiger partial charge in [0.1, 0.15) is 16.7 Å². The third-order valence-corrected chi connectivity index (χ3v) is 5.46. The average Bonchev–Trinajstić information content (AvgIpc) is 2.66. The van der Waals surface area contributed by atoms with Gasteiger partial charge in [-0.25, -0.2) is 8.42 Å². The molecule has 0 aliphatic rings. The summed E-state index contributed by atoms with van der Waals surface area (Å²) >= 11 is 5.94. The highest BCUT2D eigenvalue weighted by Crippen LogP contribution is 2.27. The molecule has 0 saturated carbocycles. The molecular weight excluding hydrogens is 388 g/mol. The molecule has 0 radical (unpaired) electrons. The van der Waals surface area contributed by atoms with Gasteiger partial charge in [-0.1, -0.05) is 48.0 Å². The number of rotatable bonds is 9. The van der Waals surface area contributed by atoms with Crippen LogP contribution < -0.4 is 14.8 Å². The summed E-state index contributed by atoms with van der Waals surface area (Å²) in [5.74, 6) is -0.319. The van der Waals surface area contributed by atoms with Crippen LogP contribution in [0.1, 0.15) is 5.56 Å². The lowest BCUT2D eigenvalue weighted by Crippen LogP contribution is -2.48. The number of carbonyl (C=O) groups excluding carboxylic acids is 1. The van der Waals surface area contributed by atoms with Gasteiger partial charge in [0.15, 0.2) is 0 Å². The van der Waals surface area contributed by atoms with Crippen molar-refractivity contribution in [1.82, 2.24) is 10.0 Å². The van der Waals surface area contributed by atoms with Crippen LogP contribution in [-0.4, -0.2) is 34.0 Å². The Bertz CT molecular complexity index is 901. The standard InChI is InChI=1S/C19H21ClN2O4S/c1-3-11-21-19(23)16(12-14-7-5-4-6-8-14)22-27(24,25)18-13-15(20)9-10-17(18)26-2/h3-10,13,16,22H,1,11-12H2,2H3,(H,21,23)/t16-/m0/s1. The molecule has 0 bridgehead atoms. The van der Waals surface area contributed by atoms with Crippen molar-refractivity contribution in [2.45, 2.75) is 17.4 Å². The molecule has 0 saturated heterocycles. The Balaban J connectivity index is 2.34. The van der Waals surface area contributed by atoms with Crippen LogP contribution in [-0.2, 0) is 21.2 Å². The minimum atomic E-state index is -4.06. The van der Waals surface area contributed by atoms with Crippen molar-refractivity contribution < 1.29 is 17.9 Å². The van der Waals surface area contributed by atoms with E-state index in [0.717, 1.165) is 5.56 Å². The van der Waals surface area contributed by atoms with Gasteiger partial charge in [-0.05, 0) is 30.2 Å². The summed E-state index contributed by atoms with van der Waals surface area (Å²) in [5, 5.41) is 2.87. The van der Waals surface area contributed by atoms with Gasteiger partial charge < -0.3 is 10.1 Å². The van der Waals surface area contributed by atoms with Crippen molar-refractivity contribution in [3.63, 3.8) is 0 Å². The highest BCUT2D eigenvalue weighted by molar-refractivity contribution is 7.89. The Labute approximate surface area is 164 Å². The second-order valence-electron chi connectivity index (χ2n) is 5.69. The van der Waals surface area contributed by atoms with E-state index in [2.05, 4.69) is 16.6 Å². The number of amides is 1. The molecule has 8 heteroatoms. The monoisotopic (exact) mass is 408 g/mol. The largest absolute Gasteiger partial charge is 0.495 e. The van der Waals surface area contributed by atoms with E-state index >= 15 is 0 Å². The first-order valence-electron chi connectivity index (χ1n) is 8.15. The van der Waals surface area contributed by atoms with Gasteiger partial charge in [0.05, 0.1) is 7.11 Å². The number of ether oxygens (including phenoxy) is 1. The van der Waals surface area contributed by atoms with E-state index < -0.39 is 22.0 Å². The molecule has 0 spiro atoms. The van der Waals surface area contributed by atoms with E-state index in [-0.39, 0.29) is 28.6 Å². The first-order valence-corrected chi connectivity index (χ1v) is 10.0. The topological polar surface area (TPSA) is 84.5 Å². The normalized spacial score (nSPS) is 12.2. The molecule has 6 nitrogen and oxygen atoms in total. The summed E-state index contributed by atoms with van der Waals surface area (Å²) in [6.45, 7) is 3.77. The molecule has 2 aromatic carbocycles. The number of benzene rings is 2. The lowest BCUT2D eigenvalue weighted by atomic mass is 10.1. The zero-order chi connectivity index (χ0) is 19.9. The molecule has 0 aliphatic carbocycles. The SMILES string of the molecule is C=CCNC(=O)[C@H](Cc1ccccc1)NS(=O)(=O)c1cc(Cl)ccc1OC. The van der Waals surface area contributed by atoms with E-state index in [1.54, 1.807) is 0 Å². The Hall–Kier alpha value is -2.35. The zero-order valence-electron chi connectivity index (χ0n) is 14.8. The summed E-state index contributed by atoms with van der Waals surface area (Å²) in [5.41, 5.74) is 0.817. The molecule has 2 aromatic rings. The Morgan fingerprint density at radius 3 is 2.59 bits per heavy atom. The smallest absolute Gasteiger partial charge is 0.245 e. The van der Waals surface area contributed by atoms with Crippen molar-refractivity contribution in [1.29, 1.82) is 0 Å². The molecule has 2 rings (SSSR count). The Kier molecular flexibility index (Phi) is 7.41. The minimum absolute atomic E-state index is 0.132. The Morgan fingerprint density at radius 2 is 1.96 bits per heavy atom. The molecule has 0 aliphatic heterocycles. The molecule has 27 heavy (non-hydrogen) atoms. The molecular formula is C19H21ClN2O4S. The molecule has 0 fully saturated rings. The van der Waals surface area contributed by atoms with Gasteiger partial charge >= 0.3 is 0 Å². The fourth-order valence-corrected chi connectivity index (χ4v) is 4.07. The molecule has 2 N–H and O–H groups in total. The van der Waals surface area contributed by atoms with Crippen LogP contribution in [0.4, 0.5) is 0 Å². The van der Waals surface area contributed by atoms with Gasteiger partial charge in [0, 0.05) is 11.6 Å². The fraction of sp³-hybridized carbons (Fsp3) is 0.211. The number of nitrogens with one attached hydrogen (secondary N) is 2. The van der Waals surface area contributed by atoms with Gasteiger partial charge in [0.2, 0.25) is 15.9 Å². The molecule has 1 atom stereocenters. The van der Waals surface area contributed by atoms with E-state index in [9.17, 15) is 13.2 Å². The summed E-state index contributed by atoms with van der Waals surface area (Å²) in [6.07, 6.45) is 1.71. The number of hydrogen-bond acceptors (Lipinski definition) is 4. The minimum Gasteiger partial charge on any atom is -0.495 e. The summed E-state index contributed by atoms with van der Waals surface area (Å²) in [6, 6.07) is 12.4. The zero-order valence-corrected chi connectivity index (χ0v) is 16.4. The fourth-order valence-electron chi connectivity index (χ4n) is 2.44. The van der Waals surface area contributed by atoms with Crippen LogP contribution >= 0.6 is 11.6 Å². The van der Waals surface area contributed by atoms with E-state index in [1.165, 1.54) is 31.4 Å². The first-order chi connectivity index (χ1) is 12.9. The number of methoxy groups -OCH3 is 1. The van der Waals surface area contributed by atoms with E-state index in [1.807, 2.05) is 30.3 Å². The predicted molar refractivity (Wildman–Crippen MR) is 105 cm³/mol. The van der Waals surface area contributed by atoms with Crippen molar-refractivity contribution in [3.05, 3.63) is 71.8 Å². The molecule has 0 heterocycles. The van der Waals surface area contributed by atoms with Crippen LogP contribution in [0.3, 0.4) is 0 Å². The van der Waals surface area contributed by atoms with Crippen LogP contribution in [0.25, 0.3) is 0 Å². The lowest BCUT2D eigenvalue weighted by molar-refractivity contribution is -0.122. The summed E-state index contributed by atoms with van der Waals surface area (Å²) < 4.78 is 33.4. The molecule has 0 unspecified atom stereocenters. The van der Waals surface area contributed by atoms with Crippen molar-refractivity contribution >= 4 is 27.5 Å². The first kappa shape index (κ1) is 21.0. The summed E-state index contributed by atoms with van der Waals surface area (Å²) in [4.78, 5) is 12.4. The molecule has 1 amide bonds. The highest BCUT2D eigenvalue weighted by Gasteiger charge is 2.28. The molecule has 0 aromatic heterocycles. The number of halogens is 1. The van der Waals surface area contributed by atoms with Gasteiger partial charge in [-0.2, -0.15) is 4.72 Å². The third kappa shape index (κ3) is 5.82. The number of sulfonamides is 1. The van der Waals surface area contributed by atoms with Crippen LogP contribution in [0, 0.1) is 0 Å². The quantitative estimate of drug-likeness (QED) is 0.624. The predicted octanol–water partition coefficient (Wildman–Crippen LogP) is 2.54. The second kappa shape index (κ2) is 9.55. The number of carbonyl (C=O) groups is 1. The average molecular weight is 409 g/mol. The number of hydrogen-bond donors (Lipinski definition) is 2. The molecule has 144 valence electrons. The maximum Gasteiger partial charge on any atom is 0.245 e. The van der Waals surface area contributed by atoms with Gasteiger partial charge in [0.25, 0.3) is 0 Å². The maximum atomic E-state index is 12.9. The lowest BCUT2D eigenvalue weighted by Gasteiger charge is -2.19. The van der Waals surface area contributed by atoms with Crippen molar-refractivity contribution in [2.24, 2.45) is 0 Å². The van der Waals surface area contributed by atoms with E-state index in [0.29, 0.717) is 0 Å². The van der Waals surface area contributed by atoms with Gasteiger partial charge in [-0.3, -0.25) is 4.79 Å². The van der Waals surface area contributed by atoms with Crippen LogP contribution in [0.15, 0.2) is 66.1 Å². The third-order valence-electron chi connectivity index (χ3n) is 3.73. The second-order valence-corrected chi connectivity index (χ2v) is 7.81. The van der Waals surface area contributed by atoms with Crippen molar-refractivity contribution in [3.8, 4) is 5.75 Å².